The van der Waals surface area contributed by atoms with Crippen LogP contribution in [0.15, 0.2) is 63.5 Å². The molecule has 1 N–H and O–H groups in total. The van der Waals surface area contributed by atoms with E-state index < -0.39 is 0 Å². The van der Waals surface area contributed by atoms with Crippen LogP contribution in [-0.4, -0.2) is 21.6 Å². The molecule has 1 atom stereocenters. The van der Waals surface area contributed by atoms with Crippen molar-refractivity contribution in [2.75, 3.05) is 5.75 Å². The molecule has 4 nitrogen and oxygen atoms in total. The molecule has 2 heterocycles. The first-order chi connectivity index (χ1) is 12.6. The average Bonchev–Trinajstić information content (AvgIpc) is 3.14. The van der Waals surface area contributed by atoms with E-state index >= 15 is 0 Å². The van der Waals surface area contributed by atoms with Crippen molar-refractivity contribution in [1.29, 1.82) is 0 Å². The Morgan fingerprint density at radius 1 is 1.23 bits per heavy atom. The Morgan fingerprint density at radius 2 is 1.96 bits per heavy atom. The molecule has 0 bridgehead atoms. The topological polar surface area (TPSA) is 54.9 Å². The molecule has 0 spiro atoms. The number of hydrogen-bond donors (Lipinski definition) is 1. The molecule has 0 saturated heterocycles. The van der Waals surface area contributed by atoms with Gasteiger partial charge in [0, 0.05) is 44.9 Å². The van der Waals surface area contributed by atoms with Crippen LogP contribution < -0.4 is 5.32 Å². The van der Waals surface area contributed by atoms with Crippen LogP contribution in [0.2, 0.25) is 0 Å². The van der Waals surface area contributed by atoms with Crippen molar-refractivity contribution >= 4 is 44.9 Å². The first-order valence-corrected chi connectivity index (χ1v) is 10.8. The number of rotatable bonds is 7. The van der Waals surface area contributed by atoms with Gasteiger partial charge in [-0.25, -0.2) is 4.98 Å². The van der Waals surface area contributed by atoms with Crippen LogP contribution in [0.25, 0.3) is 11.3 Å². The summed E-state index contributed by atoms with van der Waals surface area (Å²) in [6.45, 7) is 1.97. The van der Waals surface area contributed by atoms with E-state index in [-0.39, 0.29) is 11.9 Å². The molecule has 0 aliphatic carbocycles. The van der Waals surface area contributed by atoms with Gasteiger partial charge >= 0.3 is 0 Å². The van der Waals surface area contributed by atoms with Crippen molar-refractivity contribution in [1.82, 2.24) is 15.3 Å². The summed E-state index contributed by atoms with van der Waals surface area (Å²) in [7, 11) is 0. The fourth-order valence-corrected chi connectivity index (χ4v) is 4.26. The van der Waals surface area contributed by atoms with Crippen molar-refractivity contribution in [3.05, 3.63) is 63.7 Å². The Labute approximate surface area is 169 Å². The van der Waals surface area contributed by atoms with E-state index in [2.05, 4.69) is 31.2 Å². The number of hydrogen-bond acceptors (Lipinski definition) is 5. The van der Waals surface area contributed by atoms with Crippen LogP contribution in [0, 0.1) is 0 Å². The number of amides is 1. The van der Waals surface area contributed by atoms with E-state index in [9.17, 15) is 4.79 Å². The van der Waals surface area contributed by atoms with E-state index in [1.54, 1.807) is 35.5 Å². The van der Waals surface area contributed by atoms with Crippen LogP contribution in [0.5, 0.6) is 0 Å². The number of pyridine rings is 1. The summed E-state index contributed by atoms with van der Waals surface area (Å²) >= 11 is 6.66. The van der Waals surface area contributed by atoms with Crippen LogP contribution in [0.4, 0.5) is 0 Å². The minimum Gasteiger partial charge on any atom is -0.347 e. The quantitative estimate of drug-likeness (QED) is 0.497. The molecule has 0 aliphatic heterocycles. The van der Waals surface area contributed by atoms with Gasteiger partial charge in [-0.2, -0.15) is 0 Å². The number of aromatic nitrogens is 2. The molecule has 1 unspecified atom stereocenters. The van der Waals surface area contributed by atoms with Gasteiger partial charge in [-0.05, 0) is 43.3 Å². The predicted molar refractivity (Wildman–Crippen MR) is 111 cm³/mol. The molecule has 1 amide bonds. The normalized spacial score (nSPS) is 11.9. The second kappa shape index (κ2) is 9.30. The number of thioether (sulfide) groups is 1. The van der Waals surface area contributed by atoms with Crippen LogP contribution in [0.1, 0.15) is 24.4 Å². The van der Waals surface area contributed by atoms with Gasteiger partial charge in [0.1, 0.15) is 5.01 Å². The lowest BCUT2D eigenvalue weighted by atomic mass is 10.2. The first-order valence-electron chi connectivity index (χ1n) is 8.15. The fourth-order valence-electron chi connectivity index (χ4n) is 2.31. The fraction of sp³-hybridized carbons (Fsp3) is 0.211. The molecule has 0 radical (unpaired) electrons. The molecule has 0 saturated carbocycles. The van der Waals surface area contributed by atoms with Crippen molar-refractivity contribution in [3.63, 3.8) is 0 Å². The zero-order chi connectivity index (χ0) is 18.4. The minimum atomic E-state index is -0.0965. The van der Waals surface area contributed by atoms with Crippen molar-refractivity contribution in [2.24, 2.45) is 0 Å². The molecule has 3 aromatic rings. The third-order valence-corrected chi connectivity index (χ3v) is 6.23. The molecular formula is C19H18BrN3OS2. The number of thiazole rings is 1. The summed E-state index contributed by atoms with van der Waals surface area (Å²) in [4.78, 5) is 22.0. The van der Waals surface area contributed by atoms with Gasteiger partial charge in [-0.1, -0.05) is 15.9 Å². The molecule has 0 fully saturated rings. The van der Waals surface area contributed by atoms with Gasteiger partial charge in [-0.3, -0.25) is 9.78 Å². The number of nitrogens with zero attached hydrogens (tertiary/aromatic N) is 2. The molecular weight excluding hydrogens is 430 g/mol. The Hall–Kier alpha value is -1.70. The van der Waals surface area contributed by atoms with Gasteiger partial charge in [0.05, 0.1) is 11.7 Å². The second-order valence-corrected chi connectivity index (χ2v) is 8.62. The van der Waals surface area contributed by atoms with Gasteiger partial charge < -0.3 is 5.32 Å². The molecule has 3 rings (SSSR count). The van der Waals surface area contributed by atoms with Crippen LogP contribution in [-0.2, 0) is 4.79 Å². The largest absolute Gasteiger partial charge is 0.347 e. The Bertz CT molecular complexity index is 853. The number of carbonyl (C=O) groups is 1. The van der Waals surface area contributed by atoms with E-state index in [1.165, 1.54) is 0 Å². The van der Waals surface area contributed by atoms with Gasteiger partial charge in [0.25, 0.3) is 0 Å². The van der Waals surface area contributed by atoms with Crippen LogP contribution in [0.3, 0.4) is 0 Å². The molecule has 134 valence electrons. The number of nitrogens with one attached hydrogen (secondary N) is 1. The Kier molecular flexibility index (Phi) is 6.82. The highest BCUT2D eigenvalue weighted by molar-refractivity contribution is 9.10. The maximum atomic E-state index is 12.2. The minimum absolute atomic E-state index is 0.0442. The third-order valence-electron chi connectivity index (χ3n) is 3.66. The number of halogens is 1. The summed E-state index contributed by atoms with van der Waals surface area (Å²) in [5.74, 6) is 0.795. The molecule has 26 heavy (non-hydrogen) atoms. The zero-order valence-corrected chi connectivity index (χ0v) is 17.4. The van der Waals surface area contributed by atoms with Gasteiger partial charge in [0.15, 0.2) is 0 Å². The van der Waals surface area contributed by atoms with E-state index in [0.717, 1.165) is 31.4 Å². The van der Waals surface area contributed by atoms with E-state index in [1.807, 2.05) is 48.7 Å². The van der Waals surface area contributed by atoms with Crippen molar-refractivity contribution < 1.29 is 4.79 Å². The highest BCUT2D eigenvalue weighted by Gasteiger charge is 2.14. The molecule has 0 aliphatic rings. The van der Waals surface area contributed by atoms with E-state index in [4.69, 9.17) is 0 Å². The molecule has 2 aromatic heterocycles. The summed E-state index contributed by atoms with van der Waals surface area (Å²) in [6.07, 6.45) is 3.99. The summed E-state index contributed by atoms with van der Waals surface area (Å²) in [5, 5.41) is 5.95. The van der Waals surface area contributed by atoms with Crippen molar-refractivity contribution in [2.45, 2.75) is 24.3 Å². The van der Waals surface area contributed by atoms with Gasteiger partial charge in [-0.15, -0.1) is 23.1 Å². The number of benzene rings is 1. The maximum Gasteiger partial charge on any atom is 0.221 e. The molecule has 7 heteroatoms. The lowest BCUT2D eigenvalue weighted by Crippen LogP contribution is -2.26. The maximum absolute atomic E-state index is 12.2. The van der Waals surface area contributed by atoms with Crippen LogP contribution >= 0.6 is 39.0 Å². The standard InChI is InChI=1S/C19H18BrN3OS2/c1-13(19-23-17(12-26-19)14-6-9-21-10-7-14)22-18(24)8-11-25-16-4-2-15(20)3-5-16/h2-7,9-10,12-13H,8,11H2,1H3,(H,22,24). The highest BCUT2D eigenvalue weighted by Crippen LogP contribution is 2.25. The highest BCUT2D eigenvalue weighted by atomic mass is 79.9. The zero-order valence-electron chi connectivity index (χ0n) is 14.2. The smallest absolute Gasteiger partial charge is 0.221 e. The Balaban J connectivity index is 1.48. The Morgan fingerprint density at radius 3 is 2.69 bits per heavy atom. The number of carbonyl (C=O) groups excluding carboxylic acids is 1. The lowest BCUT2D eigenvalue weighted by molar-refractivity contribution is -0.121. The van der Waals surface area contributed by atoms with Gasteiger partial charge in [0.2, 0.25) is 5.91 Å². The second-order valence-electron chi connectivity index (χ2n) is 5.65. The predicted octanol–water partition coefficient (Wildman–Crippen LogP) is 5.33. The summed E-state index contributed by atoms with van der Waals surface area (Å²) in [6, 6.07) is 11.9. The average molecular weight is 448 g/mol. The van der Waals surface area contributed by atoms with Crippen molar-refractivity contribution in [3.8, 4) is 11.3 Å². The van der Waals surface area contributed by atoms with E-state index in [0.29, 0.717) is 6.42 Å². The summed E-state index contributed by atoms with van der Waals surface area (Å²) < 4.78 is 1.06. The SMILES string of the molecule is CC(NC(=O)CCSc1ccc(Br)cc1)c1nc(-c2ccncc2)cs1. The molecule has 1 aromatic carbocycles. The third kappa shape index (κ3) is 5.40. The summed E-state index contributed by atoms with van der Waals surface area (Å²) in [5.41, 5.74) is 1.95. The first kappa shape index (κ1) is 19.1. The monoisotopic (exact) mass is 447 g/mol. The lowest BCUT2D eigenvalue weighted by Gasteiger charge is -2.11.